The first-order valence-corrected chi connectivity index (χ1v) is 8.27. The summed E-state index contributed by atoms with van der Waals surface area (Å²) in [6.45, 7) is 0. The van der Waals surface area contributed by atoms with E-state index < -0.39 is 0 Å². The van der Waals surface area contributed by atoms with Crippen LogP contribution in [0.5, 0.6) is 0 Å². The van der Waals surface area contributed by atoms with E-state index in [1.165, 1.54) is 4.90 Å². The van der Waals surface area contributed by atoms with Gasteiger partial charge < -0.3 is 0 Å². The van der Waals surface area contributed by atoms with Crippen molar-refractivity contribution in [3.8, 4) is 11.1 Å². The van der Waals surface area contributed by atoms with Crippen molar-refractivity contribution in [2.45, 2.75) is 25.3 Å². The number of carbonyl (C=O) groups excluding carboxylic acids is 2. The highest BCUT2D eigenvalue weighted by Crippen LogP contribution is 2.22. The summed E-state index contributed by atoms with van der Waals surface area (Å²) in [5, 5.41) is 0. The molecule has 4 heteroatoms. The first kappa shape index (κ1) is 15.8. The molecule has 2 aromatic rings. The Morgan fingerprint density at radius 1 is 0.870 bits per heavy atom. The van der Waals surface area contributed by atoms with Gasteiger partial charge in [0.2, 0.25) is 11.8 Å². The van der Waals surface area contributed by atoms with Gasteiger partial charge in [-0.15, -0.1) is 11.6 Å². The predicted octanol–water partition coefficient (Wildman–Crippen LogP) is 3.65. The van der Waals surface area contributed by atoms with E-state index in [9.17, 15) is 9.59 Å². The van der Waals surface area contributed by atoms with Gasteiger partial charge in [-0.2, -0.15) is 0 Å². The Kier molecular flexibility index (Phi) is 4.77. The zero-order chi connectivity index (χ0) is 16.2. The second-order valence-corrected chi connectivity index (χ2v) is 6.04. The lowest BCUT2D eigenvalue weighted by Crippen LogP contribution is -2.41. The molecular weight excluding hydrogens is 310 g/mol. The second-order valence-electron chi connectivity index (χ2n) is 5.73. The number of nitrogens with zero attached hydrogens (tertiary/aromatic N) is 1. The molecule has 0 N–H and O–H groups in total. The molecule has 0 unspecified atom stereocenters. The van der Waals surface area contributed by atoms with Crippen LogP contribution in [0.3, 0.4) is 0 Å². The first-order chi connectivity index (χ1) is 11.2. The Bertz CT molecular complexity index is 681. The highest BCUT2D eigenvalue weighted by molar-refractivity contribution is 6.18. The maximum Gasteiger partial charge on any atom is 0.229 e. The molecule has 1 aliphatic heterocycles. The Balaban J connectivity index is 1.74. The lowest BCUT2D eigenvalue weighted by molar-refractivity contribution is -0.140. The number of rotatable bonds is 5. The number of halogens is 1. The normalized spacial score (nSPS) is 16.0. The summed E-state index contributed by atoms with van der Waals surface area (Å²) in [4.78, 5) is 25.1. The second kappa shape index (κ2) is 6.97. The zero-order valence-corrected chi connectivity index (χ0v) is 13.5. The Labute approximate surface area is 140 Å². The maximum atomic E-state index is 11.9. The molecule has 0 radical (unpaired) electrons. The van der Waals surface area contributed by atoms with Gasteiger partial charge in [0.15, 0.2) is 0 Å². The van der Waals surface area contributed by atoms with Crippen LogP contribution in [0.2, 0.25) is 0 Å². The molecule has 0 saturated carbocycles. The summed E-state index contributed by atoms with van der Waals surface area (Å²) < 4.78 is 0. The molecular formula is C19H18ClNO2. The van der Waals surface area contributed by atoms with Gasteiger partial charge in [-0.25, -0.2) is 0 Å². The molecule has 1 atom stereocenters. The van der Waals surface area contributed by atoms with Gasteiger partial charge in [0.05, 0.1) is 6.04 Å². The minimum absolute atomic E-state index is 0.110. The van der Waals surface area contributed by atoms with Gasteiger partial charge >= 0.3 is 0 Å². The monoisotopic (exact) mass is 327 g/mol. The summed E-state index contributed by atoms with van der Waals surface area (Å²) >= 11 is 6.01. The minimum Gasteiger partial charge on any atom is -0.278 e. The molecule has 1 heterocycles. The van der Waals surface area contributed by atoms with Crippen LogP contribution < -0.4 is 0 Å². The van der Waals surface area contributed by atoms with Crippen LogP contribution in [0, 0.1) is 0 Å². The number of hydrogen-bond donors (Lipinski definition) is 0. The lowest BCUT2D eigenvalue weighted by atomic mass is 10.0. The number of alkyl halides is 1. The highest BCUT2D eigenvalue weighted by Gasteiger charge is 2.34. The van der Waals surface area contributed by atoms with Gasteiger partial charge in [0, 0.05) is 18.7 Å². The van der Waals surface area contributed by atoms with Crippen LogP contribution in [0.25, 0.3) is 11.1 Å². The average molecular weight is 328 g/mol. The van der Waals surface area contributed by atoms with E-state index >= 15 is 0 Å². The van der Waals surface area contributed by atoms with Gasteiger partial charge in [0.25, 0.3) is 0 Å². The van der Waals surface area contributed by atoms with Crippen molar-refractivity contribution in [1.29, 1.82) is 0 Å². The molecule has 2 aromatic carbocycles. The third-order valence-electron chi connectivity index (χ3n) is 4.17. The van der Waals surface area contributed by atoms with E-state index in [4.69, 9.17) is 11.6 Å². The van der Waals surface area contributed by atoms with Gasteiger partial charge in [0.1, 0.15) is 0 Å². The largest absolute Gasteiger partial charge is 0.278 e. The summed E-state index contributed by atoms with van der Waals surface area (Å²) in [5.74, 6) is 0.0425. The molecule has 3 rings (SSSR count). The smallest absolute Gasteiger partial charge is 0.229 e. The summed E-state index contributed by atoms with van der Waals surface area (Å²) in [7, 11) is 0. The van der Waals surface area contributed by atoms with Crippen LogP contribution in [0.15, 0.2) is 54.6 Å². The summed E-state index contributed by atoms with van der Waals surface area (Å²) in [5.41, 5.74) is 3.38. The summed E-state index contributed by atoms with van der Waals surface area (Å²) in [6, 6.07) is 18.1. The maximum absolute atomic E-state index is 11.9. The molecule has 3 nitrogen and oxygen atoms in total. The van der Waals surface area contributed by atoms with Crippen molar-refractivity contribution in [3.05, 3.63) is 60.2 Å². The van der Waals surface area contributed by atoms with E-state index in [2.05, 4.69) is 24.3 Å². The number of amides is 2. The van der Waals surface area contributed by atoms with E-state index in [0.29, 0.717) is 19.3 Å². The van der Waals surface area contributed by atoms with Crippen molar-refractivity contribution in [1.82, 2.24) is 4.90 Å². The van der Waals surface area contributed by atoms with Crippen LogP contribution >= 0.6 is 11.6 Å². The Morgan fingerprint density at radius 2 is 1.43 bits per heavy atom. The molecule has 118 valence electrons. The fourth-order valence-corrected chi connectivity index (χ4v) is 3.20. The molecule has 1 aliphatic rings. The number of likely N-dealkylation sites (tertiary alicyclic amines) is 1. The topological polar surface area (TPSA) is 37.4 Å². The molecule has 23 heavy (non-hydrogen) atoms. The SMILES string of the molecule is O=C1CCC(=O)N1[C@@H](CCl)Cc1ccc(-c2ccccc2)cc1. The van der Waals surface area contributed by atoms with Crippen molar-refractivity contribution < 1.29 is 9.59 Å². The van der Waals surface area contributed by atoms with Crippen molar-refractivity contribution >= 4 is 23.4 Å². The highest BCUT2D eigenvalue weighted by atomic mass is 35.5. The van der Waals surface area contributed by atoms with E-state index in [0.717, 1.165) is 16.7 Å². The van der Waals surface area contributed by atoms with Gasteiger partial charge in [-0.1, -0.05) is 54.6 Å². The number of benzene rings is 2. The van der Waals surface area contributed by atoms with Crippen molar-refractivity contribution in [2.75, 3.05) is 5.88 Å². The van der Waals surface area contributed by atoms with Crippen molar-refractivity contribution in [2.24, 2.45) is 0 Å². The quantitative estimate of drug-likeness (QED) is 0.621. The predicted molar refractivity (Wildman–Crippen MR) is 91.2 cm³/mol. The van der Waals surface area contributed by atoms with E-state index in [1.54, 1.807) is 0 Å². The molecule has 0 aliphatic carbocycles. The lowest BCUT2D eigenvalue weighted by Gasteiger charge is -2.24. The van der Waals surface area contributed by atoms with Crippen molar-refractivity contribution in [3.63, 3.8) is 0 Å². The standard InChI is InChI=1S/C19H18ClNO2/c20-13-17(21-18(22)10-11-19(21)23)12-14-6-8-16(9-7-14)15-4-2-1-3-5-15/h1-9,17H,10-13H2/t17-/m1/s1. The fourth-order valence-electron chi connectivity index (χ4n) is 2.95. The summed E-state index contributed by atoms with van der Waals surface area (Å²) in [6.07, 6.45) is 1.20. The zero-order valence-electron chi connectivity index (χ0n) is 12.7. The molecule has 1 fully saturated rings. The molecule has 0 aromatic heterocycles. The average Bonchev–Trinajstić information content (AvgIpc) is 2.93. The van der Waals surface area contributed by atoms with Crippen LogP contribution in [-0.4, -0.2) is 28.6 Å². The van der Waals surface area contributed by atoms with E-state index in [1.807, 2.05) is 30.3 Å². The van der Waals surface area contributed by atoms with Gasteiger partial charge in [-0.3, -0.25) is 14.5 Å². The third kappa shape index (κ3) is 3.45. The Morgan fingerprint density at radius 3 is 2.00 bits per heavy atom. The van der Waals surface area contributed by atoms with Gasteiger partial charge in [-0.05, 0) is 23.1 Å². The Hall–Kier alpha value is -2.13. The number of hydrogen-bond acceptors (Lipinski definition) is 2. The number of imide groups is 1. The molecule has 2 amide bonds. The fraction of sp³-hybridized carbons (Fsp3) is 0.263. The van der Waals surface area contributed by atoms with E-state index in [-0.39, 0.29) is 23.7 Å². The molecule has 0 spiro atoms. The van der Waals surface area contributed by atoms with Crippen LogP contribution in [0.1, 0.15) is 18.4 Å². The van der Waals surface area contributed by atoms with Crippen LogP contribution in [-0.2, 0) is 16.0 Å². The number of carbonyl (C=O) groups is 2. The van der Waals surface area contributed by atoms with Crippen LogP contribution in [0.4, 0.5) is 0 Å². The minimum atomic E-state index is -0.262. The molecule has 1 saturated heterocycles. The third-order valence-corrected chi connectivity index (χ3v) is 4.52. The molecule has 0 bridgehead atoms. The first-order valence-electron chi connectivity index (χ1n) is 7.74.